The molecule has 33 heavy (non-hydrogen) atoms. The van der Waals surface area contributed by atoms with Gasteiger partial charge in [-0.1, -0.05) is 48.0 Å². The molecule has 8 nitrogen and oxygen atoms in total. The van der Waals surface area contributed by atoms with E-state index >= 15 is 0 Å². The number of nitrogens with zero attached hydrogens (tertiary/aromatic N) is 3. The Hall–Kier alpha value is -3.10. The van der Waals surface area contributed by atoms with E-state index in [1.807, 2.05) is 49.4 Å². The molecule has 3 rings (SSSR count). The Morgan fingerprint density at radius 3 is 2.61 bits per heavy atom. The average molecular weight is 473 g/mol. The van der Waals surface area contributed by atoms with Gasteiger partial charge in [0.25, 0.3) is 5.91 Å². The lowest BCUT2D eigenvalue weighted by Gasteiger charge is -2.27. The van der Waals surface area contributed by atoms with Crippen molar-refractivity contribution in [3.05, 3.63) is 64.7 Å². The second-order valence-corrected chi connectivity index (χ2v) is 7.88. The first kappa shape index (κ1) is 24.5. The summed E-state index contributed by atoms with van der Waals surface area (Å²) in [5.74, 6) is 0.353. The van der Waals surface area contributed by atoms with Gasteiger partial charge in [0.05, 0.1) is 25.5 Å². The molecule has 2 aromatic rings. The molecule has 0 bridgehead atoms. The third kappa shape index (κ3) is 5.83. The first-order valence-electron chi connectivity index (χ1n) is 10.8. The Kier molecular flexibility index (Phi) is 8.68. The SMILES string of the molecule is CCNC(=O)N(CCOC)CC(=O)N1N=C(c2ccccc2Cl)C[C@@H]1c1ccccc1OC. The van der Waals surface area contributed by atoms with Crippen LogP contribution >= 0.6 is 11.6 Å². The summed E-state index contributed by atoms with van der Waals surface area (Å²) < 4.78 is 10.7. The van der Waals surface area contributed by atoms with Crippen LogP contribution in [0.25, 0.3) is 0 Å². The van der Waals surface area contributed by atoms with Gasteiger partial charge in [-0.05, 0) is 19.1 Å². The van der Waals surface area contributed by atoms with Gasteiger partial charge in [-0.3, -0.25) is 4.79 Å². The monoisotopic (exact) mass is 472 g/mol. The van der Waals surface area contributed by atoms with E-state index in [0.717, 1.165) is 11.1 Å². The molecular formula is C24H29ClN4O4. The highest BCUT2D eigenvalue weighted by Gasteiger charge is 2.36. The van der Waals surface area contributed by atoms with Gasteiger partial charge in [-0.15, -0.1) is 0 Å². The summed E-state index contributed by atoms with van der Waals surface area (Å²) in [6, 6.07) is 14.2. The number of hydrogen-bond donors (Lipinski definition) is 1. The fourth-order valence-corrected chi connectivity index (χ4v) is 3.98. The summed E-state index contributed by atoms with van der Waals surface area (Å²) in [6.07, 6.45) is 0.467. The molecule has 0 aromatic heterocycles. The minimum atomic E-state index is -0.390. The van der Waals surface area contributed by atoms with Gasteiger partial charge >= 0.3 is 6.03 Å². The molecule has 0 radical (unpaired) electrons. The Bertz CT molecular complexity index is 1010. The Labute approximate surface area is 199 Å². The number of urea groups is 1. The van der Waals surface area contributed by atoms with Crippen LogP contribution in [-0.2, 0) is 9.53 Å². The van der Waals surface area contributed by atoms with Crippen LogP contribution in [0.15, 0.2) is 53.6 Å². The Morgan fingerprint density at radius 2 is 1.91 bits per heavy atom. The zero-order valence-corrected chi connectivity index (χ0v) is 19.8. The molecule has 0 saturated carbocycles. The third-order valence-corrected chi connectivity index (χ3v) is 5.68. The standard InChI is InChI=1S/C24H29ClN4O4/c1-4-26-24(31)28(13-14-32-2)16-23(30)29-21(18-10-6-8-12-22(18)33-3)15-20(27-29)17-9-5-7-11-19(17)25/h5-12,21H,4,13-16H2,1-3H3,(H,26,31)/t21-/m1/s1. The van der Waals surface area contributed by atoms with Gasteiger partial charge in [0.2, 0.25) is 0 Å². The number of ether oxygens (including phenoxy) is 2. The van der Waals surface area contributed by atoms with E-state index in [4.69, 9.17) is 21.1 Å². The second-order valence-electron chi connectivity index (χ2n) is 7.48. The van der Waals surface area contributed by atoms with Crippen LogP contribution < -0.4 is 10.1 Å². The smallest absolute Gasteiger partial charge is 0.317 e. The molecule has 3 amide bonds. The van der Waals surface area contributed by atoms with Gasteiger partial charge in [0, 0.05) is 42.8 Å². The fraction of sp³-hybridized carbons (Fsp3) is 0.375. The molecule has 0 unspecified atom stereocenters. The molecule has 0 spiro atoms. The fourth-order valence-electron chi connectivity index (χ4n) is 3.73. The molecule has 0 saturated heterocycles. The van der Waals surface area contributed by atoms with Gasteiger partial charge in [-0.25, -0.2) is 9.80 Å². The number of rotatable bonds is 9. The van der Waals surface area contributed by atoms with Crippen molar-refractivity contribution in [1.82, 2.24) is 15.2 Å². The van der Waals surface area contributed by atoms with Gasteiger partial charge in [0.1, 0.15) is 12.3 Å². The predicted octanol–water partition coefficient (Wildman–Crippen LogP) is 3.70. The van der Waals surface area contributed by atoms with Crippen LogP contribution in [0.1, 0.15) is 30.5 Å². The van der Waals surface area contributed by atoms with Gasteiger partial charge in [0.15, 0.2) is 0 Å². The van der Waals surface area contributed by atoms with Crippen LogP contribution in [0.5, 0.6) is 5.75 Å². The Balaban J connectivity index is 1.94. The van der Waals surface area contributed by atoms with Crippen molar-refractivity contribution in [2.45, 2.75) is 19.4 Å². The number of hydrogen-bond acceptors (Lipinski definition) is 5. The zero-order valence-electron chi connectivity index (χ0n) is 19.1. The quantitative estimate of drug-likeness (QED) is 0.603. The number of carbonyl (C=O) groups is 2. The molecule has 1 aliphatic rings. The lowest BCUT2D eigenvalue weighted by molar-refractivity contribution is -0.133. The number of amides is 3. The van der Waals surface area contributed by atoms with E-state index in [9.17, 15) is 9.59 Å². The zero-order chi connectivity index (χ0) is 23.8. The predicted molar refractivity (Wildman–Crippen MR) is 128 cm³/mol. The molecule has 9 heteroatoms. The molecule has 1 atom stereocenters. The summed E-state index contributed by atoms with van der Waals surface area (Å²) >= 11 is 6.42. The largest absolute Gasteiger partial charge is 0.496 e. The second kappa shape index (κ2) is 11.7. The summed E-state index contributed by atoms with van der Waals surface area (Å²) in [5, 5.41) is 9.41. The van der Waals surface area contributed by atoms with Crippen molar-refractivity contribution in [2.24, 2.45) is 5.10 Å². The van der Waals surface area contributed by atoms with E-state index in [0.29, 0.717) is 36.1 Å². The summed E-state index contributed by atoms with van der Waals surface area (Å²) in [5.41, 5.74) is 2.31. The molecule has 0 fully saturated rings. The van der Waals surface area contributed by atoms with Crippen molar-refractivity contribution in [3.63, 3.8) is 0 Å². The lowest BCUT2D eigenvalue weighted by Crippen LogP contribution is -2.47. The highest BCUT2D eigenvalue weighted by atomic mass is 35.5. The number of para-hydroxylation sites is 1. The maximum Gasteiger partial charge on any atom is 0.317 e. The van der Waals surface area contributed by atoms with E-state index in [-0.39, 0.29) is 25.0 Å². The molecular weight excluding hydrogens is 444 g/mol. The number of methoxy groups -OCH3 is 2. The van der Waals surface area contributed by atoms with Gasteiger partial charge < -0.3 is 19.7 Å². The van der Waals surface area contributed by atoms with Crippen molar-refractivity contribution in [2.75, 3.05) is 40.5 Å². The number of hydrazone groups is 1. The van der Waals surface area contributed by atoms with Crippen LogP contribution in [0, 0.1) is 0 Å². The molecule has 1 aliphatic heterocycles. The average Bonchev–Trinajstić information content (AvgIpc) is 3.27. The minimum absolute atomic E-state index is 0.139. The first-order chi connectivity index (χ1) is 16.0. The van der Waals surface area contributed by atoms with Gasteiger partial charge in [-0.2, -0.15) is 5.10 Å². The van der Waals surface area contributed by atoms with E-state index in [1.165, 1.54) is 9.91 Å². The van der Waals surface area contributed by atoms with Crippen LogP contribution in [0.3, 0.4) is 0 Å². The third-order valence-electron chi connectivity index (χ3n) is 5.36. The highest BCUT2D eigenvalue weighted by Crippen LogP contribution is 2.38. The maximum atomic E-state index is 13.5. The topological polar surface area (TPSA) is 83.5 Å². The van der Waals surface area contributed by atoms with Crippen LogP contribution in [-0.4, -0.2) is 68.0 Å². The lowest BCUT2D eigenvalue weighted by atomic mass is 9.97. The molecule has 1 N–H and O–H groups in total. The number of benzene rings is 2. The number of halogens is 1. The molecule has 0 aliphatic carbocycles. The normalized spacial score (nSPS) is 15.2. The van der Waals surface area contributed by atoms with Crippen molar-refractivity contribution in [1.29, 1.82) is 0 Å². The summed E-state index contributed by atoms with van der Waals surface area (Å²) in [6.45, 7) is 2.74. The maximum absolute atomic E-state index is 13.5. The minimum Gasteiger partial charge on any atom is -0.496 e. The van der Waals surface area contributed by atoms with E-state index < -0.39 is 6.04 Å². The molecule has 176 valence electrons. The first-order valence-corrected chi connectivity index (χ1v) is 11.2. The number of nitrogens with one attached hydrogen (secondary N) is 1. The highest BCUT2D eigenvalue weighted by molar-refractivity contribution is 6.34. The van der Waals surface area contributed by atoms with Crippen molar-refractivity contribution in [3.8, 4) is 5.75 Å². The molecule has 1 heterocycles. The van der Waals surface area contributed by atoms with E-state index in [2.05, 4.69) is 10.4 Å². The van der Waals surface area contributed by atoms with Crippen LogP contribution in [0.2, 0.25) is 5.02 Å². The summed E-state index contributed by atoms with van der Waals surface area (Å²) in [4.78, 5) is 27.4. The van der Waals surface area contributed by atoms with Crippen molar-refractivity contribution >= 4 is 29.3 Å². The van der Waals surface area contributed by atoms with Crippen LogP contribution in [0.4, 0.5) is 4.79 Å². The number of carbonyl (C=O) groups excluding carboxylic acids is 2. The Morgan fingerprint density at radius 1 is 1.18 bits per heavy atom. The van der Waals surface area contributed by atoms with Crippen molar-refractivity contribution < 1.29 is 19.1 Å². The molecule has 2 aromatic carbocycles. The van der Waals surface area contributed by atoms with E-state index in [1.54, 1.807) is 20.3 Å². The summed E-state index contributed by atoms with van der Waals surface area (Å²) in [7, 11) is 3.15.